The molecule has 5 nitrogen and oxygen atoms in total. The first-order valence-electron chi connectivity index (χ1n) is 13.8. The number of anilines is 1. The lowest BCUT2D eigenvalue weighted by Gasteiger charge is -2.15. The van der Waals surface area contributed by atoms with Crippen molar-refractivity contribution < 1.29 is 9.59 Å². The zero-order valence-corrected chi connectivity index (χ0v) is 22.4. The highest BCUT2D eigenvalue weighted by atomic mass is 16.2. The number of benzene rings is 5. The Morgan fingerprint density at radius 2 is 1.21 bits per heavy atom. The Labute approximate surface area is 241 Å². The largest absolute Gasteiger partial charge is 0.308 e. The molecule has 2 aromatic heterocycles. The van der Waals surface area contributed by atoms with Crippen molar-refractivity contribution in [1.29, 1.82) is 0 Å². The van der Waals surface area contributed by atoms with Crippen LogP contribution in [0.25, 0.3) is 49.9 Å². The fourth-order valence-corrected chi connectivity index (χ4v) is 6.14. The summed E-state index contributed by atoms with van der Waals surface area (Å²) in [6.45, 7) is 0. The summed E-state index contributed by atoms with van der Waals surface area (Å²) in [6.07, 6.45) is 1.79. The summed E-state index contributed by atoms with van der Waals surface area (Å²) in [6, 6.07) is 43.3. The lowest BCUT2D eigenvalue weighted by atomic mass is 10.0. The predicted octanol–water partition coefficient (Wildman–Crippen LogP) is 8.31. The van der Waals surface area contributed by atoms with E-state index in [-0.39, 0.29) is 11.8 Å². The molecule has 2 amide bonds. The summed E-state index contributed by atoms with van der Waals surface area (Å²) in [4.78, 5) is 33.8. The van der Waals surface area contributed by atoms with Gasteiger partial charge in [0.1, 0.15) is 0 Å². The van der Waals surface area contributed by atoms with Crippen molar-refractivity contribution in [3.05, 3.63) is 151 Å². The van der Waals surface area contributed by atoms with Gasteiger partial charge >= 0.3 is 0 Å². The van der Waals surface area contributed by atoms with E-state index in [4.69, 9.17) is 0 Å². The van der Waals surface area contributed by atoms with Crippen molar-refractivity contribution in [2.45, 2.75) is 0 Å². The number of carbonyl (C=O) groups is 2. The Morgan fingerprint density at radius 3 is 2.02 bits per heavy atom. The second kappa shape index (κ2) is 9.39. The van der Waals surface area contributed by atoms with Crippen LogP contribution >= 0.6 is 0 Å². The number of para-hydroxylation sites is 1. The van der Waals surface area contributed by atoms with E-state index in [1.54, 1.807) is 12.3 Å². The summed E-state index contributed by atoms with van der Waals surface area (Å²) in [5.41, 5.74) is 7.91. The van der Waals surface area contributed by atoms with Gasteiger partial charge in [0.25, 0.3) is 11.8 Å². The number of nitrogens with zero attached hydrogens (tertiary/aromatic N) is 3. The molecule has 5 aromatic carbocycles. The molecule has 42 heavy (non-hydrogen) atoms. The van der Waals surface area contributed by atoms with Gasteiger partial charge in [-0.1, -0.05) is 84.9 Å². The third kappa shape index (κ3) is 3.54. The van der Waals surface area contributed by atoms with E-state index in [9.17, 15) is 9.59 Å². The molecule has 0 aliphatic carbocycles. The van der Waals surface area contributed by atoms with Crippen molar-refractivity contribution in [2.24, 2.45) is 0 Å². The zero-order valence-electron chi connectivity index (χ0n) is 22.4. The van der Waals surface area contributed by atoms with Crippen LogP contribution in [0, 0.1) is 0 Å². The van der Waals surface area contributed by atoms with E-state index in [0.717, 1.165) is 44.2 Å². The lowest BCUT2D eigenvalue weighted by molar-refractivity contribution is 0.0926. The average Bonchev–Trinajstić information content (AvgIpc) is 3.53. The number of hydrogen-bond acceptors (Lipinski definition) is 3. The first-order valence-corrected chi connectivity index (χ1v) is 13.8. The smallest absolute Gasteiger partial charge is 0.268 e. The van der Waals surface area contributed by atoms with E-state index in [0.29, 0.717) is 22.5 Å². The van der Waals surface area contributed by atoms with Crippen molar-refractivity contribution in [1.82, 2.24) is 9.55 Å². The highest BCUT2D eigenvalue weighted by molar-refractivity contribution is 6.36. The van der Waals surface area contributed by atoms with E-state index in [1.807, 2.05) is 103 Å². The van der Waals surface area contributed by atoms with Gasteiger partial charge in [0.2, 0.25) is 0 Å². The molecular weight excluding hydrogens is 518 g/mol. The molecule has 0 saturated carbocycles. The maximum atomic E-state index is 14.1. The van der Waals surface area contributed by atoms with Gasteiger partial charge in [-0.25, -0.2) is 4.90 Å². The normalized spacial score (nSPS) is 12.8. The molecule has 8 rings (SSSR count). The molecule has 0 atom stereocenters. The van der Waals surface area contributed by atoms with Crippen LogP contribution in [-0.4, -0.2) is 21.4 Å². The quantitative estimate of drug-likeness (QED) is 0.211. The number of rotatable bonds is 4. The van der Waals surface area contributed by atoms with Crippen LogP contribution in [0.1, 0.15) is 20.7 Å². The van der Waals surface area contributed by atoms with Gasteiger partial charge < -0.3 is 4.57 Å². The molecule has 198 valence electrons. The fraction of sp³-hybridized carbons (Fsp3) is 0. The Hall–Kier alpha value is -5.81. The molecule has 0 radical (unpaired) electrons. The molecule has 0 fully saturated rings. The summed E-state index contributed by atoms with van der Waals surface area (Å²) in [7, 11) is 0. The number of hydrogen-bond donors (Lipinski definition) is 0. The van der Waals surface area contributed by atoms with Crippen molar-refractivity contribution in [2.75, 3.05) is 4.90 Å². The second-order valence-corrected chi connectivity index (χ2v) is 10.3. The van der Waals surface area contributed by atoms with Crippen LogP contribution in [0.3, 0.4) is 0 Å². The number of amides is 2. The first kappa shape index (κ1) is 24.0. The van der Waals surface area contributed by atoms with Crippen molar-refractivity contribution in [3.63, 3.8) is 0 Å². The molecule has 0 unspecified atom stereocenters. The molecule has 5 heteroatoms. The second-order valence-electron chi connectivity index (χ2n) is 10.3. The zero-order chi connectivity index (χ0) is 28.2. The third-order valence-electron chi connectivity index (χ3n) is 8.00. The Morgan fingerprint density at radius 1 is 0.524 bits per heavy atom. The molecule has 1 aliphatic rings. The summed E-state index contributed by atoms with van der Waals surface area (Å²) < 4.78 is 2.10. The van der Waals surface area contributed by atoms with E-state index in [2.05, 4.69) is 33.8 Å². The molecule has 0 spiro atoms. The highest BCUT2D eigenvalue weighted by Crippen LogP contribution is 2.40. The van der Waals surface area contributed by atoms with Crippen LogP contribution in [0.15, 0.2) is 140 Å². The molecule has 0 N–H and O–H groups in total. The standard InChI is InChI=1S/C37H23N3O2/c41-36-29-14-9-18-33(35(29)37(42)39(36)26-21-19-25(20-22-26)24-10-2-1-3-11-24)40-31-16-5-4-12-28(31)34-27(13-8-17-32(34)40)30-15-6-7-23-38-30/h1-23H. The van der Waals surface area contributed by atoms with Gasteiger partial charge in [-0.15, -0.1) is 0 Å². The monoisotopic (exact) mass is 541 g/mol. The van der Waals surface area contributed by atoms with E-state index < -0.39 is 0 Å². The van der Waals surface area contributed by atoms with Gasteiger partial charge in [-0.3, -0.25) is 14.6 Å². The van der Waals surface area contributed by atoms with Crippen molar-refractivity contribution >= 4 is 39.3 Å². The molecule has 7 aromatic rings. The van der Waals surface area contributed by atoms with Gasteiger partial charge in [0.05, 0.1) is 39.2 Å². The Kier molecular flexibility index (Phi) is 5.37. The fourth-order valence-electron chi connectivity index (χ4n) is 6.14. The van der Waals surface area contributed by atoms with Crippen LogP contribution in [0.4, 0.5) is 5.69 Å². The van der Waals surface area contributed by atoms with E-state index in [1.165, 1.54) is 4.90 Å². The van der Waals surface area contributed by atoms with Crippen LogP contribution in [-0.2, 0) is 0 Å². The minimum absolute atomic E-state index is 0.320. The minimum atomic E-state index is -0.329. The Balaban J connectivity index is 1.30. The summed E-state index contributed by atoms with van der Waals surface area (Å²) >= 11 is 0. The molecule has 3 heterocycles. The SMILES string of the molecule is O=C1c2cccc(-n3c4ccccc4c4c(-c5ccccn5)cccc43)c2C(=O)N1c1ccc(-c2ccccc2)cc1. The minimum Gasteiger partial charge on any atom is -0.308 e. The molecule has 0 saturated heterocycles. The van der Waals surface area contributed by atoms with Crippen molar-refractivity contribution in [3.8, 4) is 28.1 Å². The number of imide groups is 1. The molecule has 1 aliphatic heterocycles. The van der Waals surface area contributed by atoms with E-state index >= 15 is 0 Å². The number of fused-ring (bicyclic) bond motifs is 4. The van der Waals surface area contributed by atoms with Gasteiger partial charge in [0.15, 0.2) is 0 Å². The molecular formula is C37H23N3O2. The Bertz CT molecular complexity index is 2170. The predicted molar refractivity (Wildman–Crippen MR) is 167 cm³/mol. The van der Waals surface area contributed by atoms with Gasteiger partial charge in [-0.05, 0) is 59.7 Å². The lowest BCUT2D eigenvalue weighted by Crippen LogP contribution is -2.29. The number of aromatic nitrogens is 2. The number of carbonyl (C=O) groups excluding carboxylic acids is 2. The maximum absolute atomic E-state index is 14.1. The van der Waals surface area contributed by atoms with Crippen LogP contribution < -0.4 is 4.90 Å². The summed E-state index contributed by atoms with van der Waals surface area (Å²) in [5, 5.41) is 2.10. The third-order valence-corrected chi connectivity index (χ3v) is 8.00. The van der Waals surface area contributed by atoms with Gasteiger partial charge in [-0.2, -0.15) is 0 Å². The van der Waals surface area contributed by atoms with Gasteiger partial charge in [0, 0.05) is 22.5 Å². The number of pyridine rings is 1. The average molecular weight is 542 g/mol. The topological polar surface area (TPSA) is 55.2 Å². The van der Waals surface area contributed by atoms with Crippen LogP contribution in [0.2, 0.25) is 0 Å². The molecule has 0 bridgehead atoms. The first-order chi connectivity index (χ1) is 20.7. The highest BCUT2D eigenvalue weighted by Gasteiger charge is 2.39. The summed E-state index contributed by atoms with van der Waals surface area (Å²) in [5.74, 6) is -0.649. The van der Waals surface area contributed by atoms with Crippen LogP contribution in [0.5, 0.6) is 0 Å². The maximum Gasteiger partial charge on any atom is 0.268 e.